The lowest BCUT2D eigenvalue weighted by Crippen LogP contribution is -2.48. The Hall–Kier alpha value is -3.18. The average Bonchev–Trinajstić information content (AvgIpc) is 2.85. The number of pyridine rings is 1. The Labute approximate surface area is 196 Å². The number of benzene rings is 2. The molecule has 33 heavy (non-hydrogen) atoms. The molecule has 1 aliphatic rings. The lowest BCUT2D eigenvalue weighted by Gasteiger charge is -2.39. The monoisotopic (exact) mass is 443 g/mol. The summed E-state index contributed by atoms with van der Waals surface area (Å²) in [6.45, 7) is 7.46. The van der Waals surface area contributed by atoms with Crippen molar-refractivity contribution in [3.63, 3.8) is 0 Å². The molecule has 3 aromatic rings. The molecule has 1 saturated heterocycles. The van der Waals surface area contributed by atoms with Gasteiger partial charge in [-0.05, 0) is 62.7 Å². The molecule has 1 aliphatic heterocycles. The van der Waals surface area contributed by atoms with E-state index in [0.29, 0.717) is 6.61 Å². The van der Waals surface area contributed by atoms with E-state index in [9.17, 15) is 4.79 Å². The summed E-state index contributed by atoms with van der Waals surface area (Å²) in [6.07, 6.45) is 3.43. The van der Waals surface area contributed by atoms with E-state index < -0.39 is 5.41 Å². The minimum Gasteiger partial charge on any atom is -0.492 e. The Morgan fingerprint density at radius 3 is 2.39 bits per heavy atom. The molecular formula is C28H33N3O2. The van der Waals surface area contributed by atoms with Crippen molar-refractivity contribution in [3.8, 4) is 5.75 Å². The van der Waals surface area contributed by atoms with Crippen molar-refractivity contribution >= 4 is 5.91 Å². The van der Waals surface area contributed by atoms with E-state index in [4.69, 9.17) is 4.74 Å². The van der Waals surface area contributed by atoms with Crippen LogP contribution in [-0.4, -0.2) is 42.0 Å². The van der Waals surface area contributed by atoms with Gasteiger partial charge < -0.3 is 10.1 Å². The molecule has 0 spiro atoms. The highest BCUT2D eigenvalue weighted by molar-refractivity contribution is 5.83. The number of hydrogen-bond acceptors (Lipinski definition) is 4. The number of aryl methyl sites for hydroxylation is 1. The van der Waals surface area contributed by atoms with Crippen LogP contribution in [0.3, 0.4) is 0 Å². The number of likely N-dealkylation sites (tertiary alicyclic amines) is 1. The number of piperidine rings is 1. The van der Waals surface area contributed by atoms with Crippen LogP contribution < -0.4 is 10.1 Å². The maximum absolute atomic E-state index is 13.5. The van der Waals surface area contributed by atoms with E-state index in [0.717, 1.165) is 49.5 Å². The van der Waals surface area contributed by atoms with E-state index >= 15 is 0 Å². The van der Waals surface area contributed by atoms with Crippen LogP contribution >= 0.6 is 0 Å². The lowest BCUT2D eigenvalue weighted by molar-refractivity contribution is -0.133. The fourth-order valence-corrected chi connectivity index (χ4v) is 4.25. The first kappa shape index (κ1) is 23.0. The van der Waals surface area contributed by atoms with E-state index in [2.05, 4.69) is 53.3 Å². The van der Waals surface area contributed by atoms with Crippen LogP contribution in [0.15, 0.2) is 79.0 Å². The normalized spacial score (nSPS) is 16.7. The molecule has 2 aromatic carbocycles. The highest BCUT2D eigenvalue weighted by atomic mass is 16.5. The average molecular weight is 444 g/mol. The molecule has 0 bridgehead atoms. The van der Waals surface area contributed by atoms with Crippen molar-refractivity contribution in [1.82, 2.24) is 15.2 Å². The summed E-state index contributed by atoms with van der Waals surface area (Å²) < 4.78 is 5.84. The van der Waals surface area contributed by atoms with E-state index in [1.807, 2.05) is 48.5 Å². The molecule has 172 valence electrons. The van der Waals surface area contributed by atoms with Gasteiger partial charge >= 0.3 is 0 Å². The number of carbonyl (C=O) groups excluding carboxylic acids is 1. The summed E-state index contributed by atoms with van der Waals surface area (Å²) in [5.74, 6) is 0.995. The van der Waals surface area contributed by atoms with Gasteiger partial charge in [0.2, 0.25) is 5.91 Å². The largest absolute Gasteiger partial charge is 0.492 e. The standard InChI is InChI=1S/C28H33N3O2/c1-22-11-13-23(14-12-22)26(25-10-6-7-17-29-25)30-27(32)28(2)15-18-31(19-16-28)20-21-33-24-8-4-3-5-9-24/h3-14,17,26H,15-16,18-21H2,1-2H3,(H,30,32)/t26-/m1/s1. The SMILES string of the molecule is Cc1ccc([C@@H](NC(=O)C2(C)CCN(CCOc3ccccc3)CC2)c2ccccn2)cc1. The van der Waals surface area contributed by atoms with Crippen LogP contribution in [0.25, 0.3) is 0 Å². The van der Waals surface area contributed by atoms with Gasteiger partial charge in [0.25, 0.3) is 0 Å². The topological polar surface area (TPSA) is 54.5 Å². The predicted octanol–water partition coefficient (Wildman–Crippen LogP) is 4.78. The summed E-state index contributed by atoms with van der Waals surface area (Å²) in [6, 6.07) is 23.8. The molecule has 1 amide bonds. The Balaban J connectivity index is 1.35. The number of aromatic nitrogens is 1. The zero-order valence-corrected chi connectivity index (χ0v) is 19.5. The number of ether oxygens (including phenoxy) is 1. The molecule has 2 heterocycles. The van der Waals surface area contributed by atoms with Gasteiger partial charge in [-0.15, -0.1) is 0 Å². The first-order valence-corrected chi connectivity index (χ1v) is 11.7. The fourth-order valence-electron chi connectivity index (χ4n) is 4.25. The Morgan fingerprint density at radius 2 is 1.73 bits per heavy atom. The zero-order valence-electron chi connectivity index (χ0n) is 19.5. The minimum atomic E-state index is -0.394. The van der Waals surface area contributed by atoms with E-state index in [1.165, 1.54) is 5.56 Å². The Kier molecular flexibility index (Phi) is 7.40. The van der Waals surface area contributed by atoms with Gasteiger partial charge in [-0.25, -0.2) is 0 Å². The van der Waals surface area contributed by atoms with Crippen LogP contribution in [0, 0.1) is 12.3 Å². The van der Waals surface area contributed by atoms with Crippen LogP contribution in [0.4, 0.5) is 0 Å². The van der Waals surface area contributed by atoms with E-state index in [-0.39, 0.29) is 11.9 Å². The summed E-state index contributed by atoms with van der Waals surface area (Å²) in [7, 11) is 0. The molecule has 5 nitrogen and oxygen atoms in total. The molecule has 0 saturated carbocycles. The Morgan fingerprint density at radius 1 is 1.03 bits per heavy atom. The summed E-state index contributed by atoms with van der Waals surface area (Å²) in [4.78, 5) is 20.4. The third-order valence-electron chi connectivity index (χ3n) is 6.60. The number of para-hydroxylation sites is 1. The number of carbonyl (C=O) groups is 1. The summed E-state index contributed by atoms with van der Waals surface area (Å²) >= 11 is 0. The molecule has 0 unspecified atom stereocenters. The molecule has 1 fully saturated rings. The molecule has 1 aromatic heterocycles. The van der Waals surface area contributed by atoms with Gasteiger partial charge in [0.1, 0.15) is 12.4 Å². The second-order valence-electron chi connectivity index (χ2n) is 9.14. The molecular weight excluding hydrogens is 410 g/mol. The van der Waals surface area contributed by atoms with Crippen LogP contribution in [0.1, 0.15) is 42.6 Å². The van der Waals surface area contributed by atoms with Crippen molar-refractivity contribution < 1.29 is 9.53 Å². The van der Waals surface area contributed by atoms with E-state index in [1.54, 1.807) is 6.20 Å². The highest BCUT2D eigenvalue weighted by Crippen LogP contribution is 2.33. The van der Waals surface area contributed by atoms with Gasteiger partial charge in [0.05, 0.1) is 11.7 Å². The summed E-state index contributed by atoms with van der Waals surface area (Å²) in [5.41, 5.74) is 2.70. The van der Waals surface area contributed by atoms with Crippen LogP contribution in [-0.2, 0) is 4.79 Å². The van der Waals surface area contributed by atoms with Gasteiger partial charge in [-0.3, -0.25) is 14.7 Å². The third kappa shape index (κ3) is 5.99. The van der Waals surface area contributed by atoms with Crippen molar-refractivity contribution in [2.24, 2.45) is 5.41 Å². The van der Waals surface area contributed by atoms with Crippen molar-refractivity contribution in [2.45, 2.75) is 32.7 Å². The van der Waals surface area contributed by atoms with Crippen molar-refractivity contribution in [2.75, 3.05) is 26.2 Å². The van der Waals surface area contributed by atoms with Crippen molar-refractivity contribution in [1.29, 1.82) is 0 Å². The first-order chi connectivity index (χ1) is 16.0. The fraction of sp³-hybridized carbons (Fsp3) is 0.357. The smallest absolute Gasteiger partial charge is 0.226 e. The molecule has 0 radical (unpaired) electrons. The van der Waals surface area contributed by atoms with Gasteiger partial charge in [-0.2, -0.15) is 0 Å². The molecule has 1 atom stereocenters. The number of rotatable bonds is 8. The number of nitrogens with zero attached hydrogens (tertiary/aromatic N) is 2. The van der Waals surface area contributed by atoms with Crippen LogP contribution in [0.2, 0.25) is 0 Å². The summed E-state index contributed by atoms with van der Waals surface area (Å²) in [5, 5.41) is 3.31. The lowest BCUT2D eigenvalue weighted by atomic mass is 9.79. The third-order valence-corrected chi connectivity index (χ3v) is 6.60. The number of amides is 1. The maximum atomic E-state index is 13.5. The zero-order chi connectivity index (χ0) is 23.1. The Bertz CT molecular complexity index is 1010. The molecule has 4 rings (SSSR count). The van der Waals surface area contributed by atoms with Gasteiger partial charge in [0.15, 0.2) is 0 Å². The number of hydrogen-bond donors (Lipinski definition) is 1. The van der Waals surface area contributed by atoms with Gasteiger partial charge in [0, 0.05) is 18.2 Å². The van der Waals surface area contributed by atoms with Crippen LogP contribution in [0.5, 0.6) is 5.75 Å². The molecule has 1 N–H and O–H groups in total. The molecule has 5 heteroatoms. The number of nitrogens with one attached hydrogen (secondary N) is 1. The maximum Gasteiger partial charge on any atom is 0.226 e. The second kappa shape index (κ2) is 10.6. The van der Waals surface area contributed by atoms with Gasteiger partial charge in [-0.1, -0.05) is 61.0 Å². The second-order valence-corrected chi connectivity index (χ2v) is 9.14. The minimum absolute atomic E-state index is 0.0962. The van der Waals surface area contributed by atoms with Crippen molar-refractivity contribution in [3.05, 3.63) is 95.8 Å². The first-order valence-electron chi connectivity index (χ1n) is 11.7. The molecule has 0 aliphatic carbocycles. The highest BCUT2D eigenvalue weighted by Gasteiger charge is 2.38. The quantitative estimate of drug-likeness (QED) is 0.545. The predicted molar refractivity (Wildman–Crippen MR) is 131 cm³/mol.